The van der Waals surface area contributed by atoms with Crippen molar-refractivity contribution in [3.63, 3.8) is 0 Å². The molecule has 1 saturated heterocycles. The normalized spacial score (nSPS) is 17.2. The highest BCUT2D eigenvalue weighted by atomic mass is 16.2. The number of carbonyl (C=O) groups is 2. The lowest BCUT2D eigenvalue weighted by Crippen LogP contribution is -2.25. The molecule has 0 aromatic heterocycles. The zero-order valence-corrected chi connectivity index (χ0v) is 9.10. The van der Waals surface area contributed by atoms with Crippen LogP contribution < -0.4 is 5.32 Å². The molecule has 0 saturated carbocycles. The summed E-state index contributed by atoms with van der Waals surface area (Å²) in [6.45, 7) is 0. The van der Waals surface area contributed by atoms with Crippen LogP contribution in [0.25, 0.3) is 6.08 Å². The van der Waals surface area contributed by atoms with Crippen molar-refractivity contribution in [2.45, 2.75) is 0 Å². The Balaban J connectivity index is 2.28. The molecular formula is C12H9N3O2. The third-order valence-electron chi connectivity index (χ3n) is 2.43. The quantitative estimate of drug-likeness (QED) is 0.576. The van der Waals surface area contributed by atoms with Gasteiger partial charge in [0.15, 0.2) is 0 Å². The molecule has 1 aliphatic heterocycles. The Hall–Kier alpha value is -2.61. The summed E-state index contributed by atoms with van der Waals surface area (Å²) in [5.74, 6) is -0.362. The number of hydrogen-bond donors (Lipinski definition) is 1. The topological polar surface area (TPSA) is 73.2 Å². The molecule has 1 aromatic carbocycles. The van der Waals surface area contributed by atoms with Gasteiger partial charge in [0.1, 0.15) is 5.70 Å². The van der Waals surface area contributed by atoms with Crippen molar-refractivity contribution >= 4 is 18.0 Å². The molecule has 3 amide bonds. The molecule has 17 heavy (non-hydrogen) atoms. The van der Waals surface area contributed by atoms with Gasteiger partial charge in [0.25, 0.3) is 5.91 Å². The van der Waals surface area contributed by atoms with E-state index in [0.29, 0.717) is 5.56 Å². The molecule has 1 aromatic rings. The number of nitrogens with zero attached hydrogens (tertiary/aromatic N) is 2. The fraction of sp³-hybridized carbons (Fsp3) is 0.0833. The molecular weight excluding hydrogens is 218 g/mol. The maximum absolute atomic E-state index is 11.6. The number of benzene rings is 1. The summed E-state index contributed by atoms with van der Waals surface area (Å²) >= 11 is 0. The molecule has 0 spiro atoms. The van der Waals surface area contributed by atoms with Crippen LogP contribution in [-0.4, -0.2) is 23.9 Å². The van der Waals surface area contributed by atoms with Crippen LogP contribution in [0.5, 0.6) is 0 Å². The number of likely N-dealkylation sites (N-methyl/N-ethyl adjacent to an activating group) is 1. The predicted molar refractivity (Wildman–Crippen MR) is 60.4 cm³/mol. The average Bonchev–Trinajstić information content (AvgIpc) is 2.58. The fourth-order valence-electron chi connectivity index (χ4n) is 1.44. The lowest BCUT2D eigenvalue weighted by atomic mass is 10.1. The van der Waals surface area contributed by atoms with E-state index in [1.807, 2.05) is 6.07 Å². The molecule has 0 bridgehead atoms. The van der Waals surface area contributed by atoms with Crippen molar-refractivity contribution in [1.29, 1.82) is 5.26 Å². The molecule has 2 rings (SSSR count). The van der Waals surface area contributed by atoms with E-state index in [2.05, 4.69) is 5.32 Å². The second-order valence-electron chi connectivity index (χ2n) is 3.59. The third-order valence-corrected chi connectivity index (χ3v) is 2.43. The van der Waals surface area contributed by atoms with E-state index >= 15 is 0 Å². The van der Waals surface area contributed by atoms with E-state index in [1.54, 1.807) is 30.3 Å². The first-order chi connectivity index (χ1) is 8.11. The Labute approximate surface area is 98.0 Å². The van der Waals surface area contributed by atoms with Gasteiger partial charge in [-0.2, -0.15) is 5.26 Å². The summed E-state index contributed by atoms with van der Waals surface area (Å²) in [6, 6.07) is 8.29. The van der Waals surface area contributed by atoms with E-state index in [9.17, 15) is 9.59 Å². The lowest BCUT2D eigenvalue weighted by Gasteiger charge is -1.99. The Morgan fingerprint density at radius 2 is 1.94 bits per heavy atom. The summed E-state index contributed by atoms with van der Waals surface area (Å²) in [7, 11) is 1.41. The number of hydrogen-bond acceptors (Lipinski definition) is 3. The number of urea groups is 1. The maximum Gasteiger partial charge on any atom is 0.328 e. The van der Waals surface area contributed by atoms with E-state index in [1.165, 1.54) is 7.05 Å². The van der Waals surface area contributed by atoms with Crippen molar-refractivity contribution < 1.29 is 9.59 Å². The van der Waals surface area contributed by atoms with Gasteiger partial charge in [-0.25, -0.2) is 4.79 Å². The Morgan fingerprint density at radius 1 is 1.29 bits per heavy atom. The van der Waals surface area contributed by atoms with Crippen LogP contribution >= 0.6 is 0 Å². The molecule has 0 unspecified atom stereocenters. The second-order valence-corrected chi connectivity index (χ2v) is 3.59. The van der Waals surface area contributed by atoms with Crippen molar-refractivity contribution in [1.82, 2.24) is 10.2 Å². The van der Waals surface area contributed by atoms with Gasteiger partial charge in [-0.3, -0.25) is 9.69 Å². The molecule has 0 atom stereocenters. The van der Waals surface area contributed by atoms with E-state index in [0.717, 1.165) is 10.5 Å². The summed E-state index contributed by atoms with van der Waals surface area (Å²) in [5.41, 5.74) is 1.54. The number of nitrogens with one attached hydrogen (secondary N) is 1. The van der Waals surface area contributed by atoms with E-state index in [4.69, 9.17) is 5.26 Å². The average molecular weight is 227 g/mol. The first-order valence-corrected chi connectivity index (χ1v) is 4.92. The van der Waals surface area contributed by atoms with Gasteiger partial charge in [-0.15, -0.1) is 0 Å². The summed E-state index contributed by atoms with van der Waals surface area (Å²) in [4.78, 5) is 23.8. The summed E-state index contributed by atoms with van der Waals surface area (Å²) in [6.07, 6.45) is 1.57. The largest absolute Gasteiger partial charge is 0.328 e. The van der Waals surface area contributed by atoms with Crippen molar-refractivity contribution in [3.8, 4) is 6.07 Å². The van der Waals surface area contributed by atoms with E-state index in [-0.39, 0.29) is 11.6 Å². The monoisotopic (exact) mass is 227 g/mol. The molecule has 1 aliphatic rings. The summed E-state index contributed by atoms with van der Waals surface area (Å²) in [5, 5.41) is 11.1. The van der Waals surface area contributed by atoms with Crippen molar-refractivity contribution in [3.05, 3.63) is 41.1 Å². The lowest BCUT2D eigenvalue weighted by molar-refractivity contribution is -0.121. The number of rotatable bonds is 1. The number of nitriles is 1. The van der Waals surface area contributed by atoms with Crippen molar-refractivity contribution in [2.24, 2.45) is 0 Å². The third kappa shape index (κ3) is 2.01. The number of carbonyl (C=O) groups excluding carboxylic acids is 2. The van der Waals surface area contributed by atoms with Gasteiger partial charge in [0.2, 0.25) is 0 Å². The highest BCUT2D eigenvalue weighted by Gasteiger charge is 2.29. The Kier molecular flexibility index (Phi) is 2.63. The van der Waals surface area contributed by atoms with Crippen LogP contribution in [0.1, 0.15) is 11.1 Å². The van der Waals surface area contributed by atoms with Gasteiger partial charge in [-0.05, 0) is 23.8 Å². The highest BCUT2D eigenvalue weighted by molar-refractivity contribution is 6.13. The Morgan fingerprint density at radius 3 is 2.41 bits per heavy atom. The second kappa shape index (κ2) is 4.10. The van der Waals surface area contributed by atoms with Crippen LogP contribution in [0.2, 0.25) is 0 Å². The molecule has 0 aliphatic carbocycles. The molecule has 5 nitrogen and oxygen atoms in total. The molecule has 1 fully saturated rings. The van der Waals surface area contributed by atoms with Crippen LogP contribution in [0.3, 0.4) is 0 Å². The fourth-order valence-corrected chi connectivity index (χ4v) is 1.44. The van der Waals surface area contributed by atoms with Gasteiger partial charge in [0.05, 0.1) is 11.6 Å². The minimum Gasteiger partial charge on any atom is -0.303 e. The predicted octanol–water partition coefficient (Wildman–Crippen LogP) is 1.08. The highest BCUT2D eigenvalue weighted by Crippen LogP contribution is 2.12. The molecule has 84 valence electrons. The zero-order chi connectivity index (χ0) is 12.4. The smallest absolute Gasteiger partial charge is 0.303 e. The molecule has 1 heterocycles. The minimum atomic E-state index is -0.435. The van der Waals surface area contributed by atoms with Crippen LogP contribution in [0.4, 0.5) is 4.79 Å². The molecule has 5 heteroatoms. The number of amides is 3. The first-order valence-electron chi connectivity index (χ1n) is 4.92. The van der Waals surface area contributed by atoms with Gasteiger partial charge >= 0.3 is 6.03 Å². The molecule has 0 radical (unpaired) electrons. The van der Waals surface area contributed by atoms with Gasteiger partial charge in [-0.1, -0.05) is 12.1 Å². The molecule has 1 N–H and O–H groups in total. The SMILES string of the molecule is CN1C(=O)NC(=Cc2ccc(C#N)cc2)C1=O. The van der Waals surface area contributed by atoms with Crippen LogP contribution in [0.15, 0.2) is 30.0 Å². The minimum absolute atomic E-state index is 0.238. The maximum atomic E-state index is 11.6. The standard InChI is InChI=1S/C12H9N3O2/c1-15-11(16)10(14-12(15)17)6-8-2-4-9(7-13)5-3-8/h2-6H,1H3,(H,14,17). The Bertz CT molecular complexity index is 552. The van der Waals surface area contributed by atoms with Gasteiger partial charge in [0, 0.05) is 7.05 Å². The van der Waals surface area contributed by atoms with Gasteiger partial charge < -0.3 is 5.32 Å². The zero-order valence-electron chi connectivity index (χ0n) is 9.10. The summed E-state index contributed by atoms with van der Waals surface area (Å²) < 4.78 is 0. The first kappa shape index (κ1) is 10.9. The number of imide groups is 1. The van der Waals surface area contributed by atoms with Crippen LogP contribution in [-0.2, 0) is 4.79 Å². The van der Waals surface area contributed by atoms with Crippen molar-refractivity contribution in [2.75, 3.05) is 7.05 Å². The van der Waals surface area contributed by atoms with E-state index < -0.39 is 6.03 Å². The van der Waals surface area contributed by atoms with Crippen LogP contribution in [0, 0.1) is 11.3 Å².